The molecule has 3 aromatic rings. The van der Waals surface area contributed by atoms with Gasteiger partial charge >= 0.3 is 0 Å². The molecule has 2 aromatic carbocycles. The molecule has 0 unspecified atom stereocenters. The molecule has 0 aliphatic carbocycles. The molecule has 12 heteroatoms. The summed E-state index contributed by atoms with van der Waals surface area (Å²) >= 11 is 1.01. The maximum Gasteiger partial charge on any atom is 0.240 e. The molecule has 3 rings (SSSR count). The van der Waals surface area contributed by atoms with Crippen LogP contribution in [0.5, 0.6) is 0 Å². The van der Waals surface area contributed by atoms with Crippen LogP contribution in [-0.2, 0) is 14.8 Å². The number of carbonyl (C=O) groups is 1. The van der Waals surface area contributed by atoms with E-state index in [1.807, 2.05) is 0 Å². The number of rotatable bonds is 7. The summed E-state index contributed by atoms with van der Waals surface area (Å²) in [5.74, 6) is 5.13. The van der Waals surface area contributed by atoms with Crippen LogP contribution in [0.2, 0.25) is 0 Å². The number of aryl methyl sites for hydroxylation is 1. The van der Waals surface area contributed by atoms with Crippen molar-refractivity contribution in [1.29, 1.82) is 0 Å². The van der Waals surface area contributed by atoms with Crippen LogP contribution in [0.1, 0.15) is 5.56 Å². The summed E-state index contributed by atoms with van der Waals surface area (Å²) in [7, 11) is -2.34. The van der Waals surface area contributed by atoms with Crippen LogP contribution in [0, 0.1) is 12.7 Å². The van der Waals surface area contributed by atoms with Crippen LogP contribution in [0.25, 0.3) is 11.4 Å². The lowest BCUT2D eigenvalue weighted by Crippen LogP contribution is -2.20. The number of benzene rings is 2. The predicted octanol–water partition coefficient (Wildman–Crippen LogP) is 1.75. The van der Waals surface area contributed by atoms with E-state index in [-0.39, 0.29) is 27.2 Å². The summed E-state index contributed by atoms with van der Waals surface area (Å²) in [5, 5.41) is 10.6. The summed E-state index contributed by atoms with van der Waals surface area (Å²) in [6.45, 7) is 1.66. The molecule has 0 aliphatic heterocycles. The molecule has 0 bridgehead atoms. The summed E-state index contributed by atoms with van der Waals surface area (Å²) in [6.07, 6.45) is 0. The van der Waals surface area contributed by atoms with Crippen molar-refractivity contribution in [2.75, 3.05) is 24.0 Å². The van der Waals surface area contributed by atoms with Gasteiger partial charge < -0.3 is 11.2 Å². The topological polar surface area (TPSA) is 132 Å². The van der Waals surface area contributed by atoms with Crippen LogP contribution in [0.3, 0.4) is 0 Å². The smallest absolute Gasteiger partial charge is 0.240 e. The molecular formula is C18H19FN6O3S2. The number of nitrogens with two attached hydrogens (primary N) is 1. The van der Waals surface area contributed by atoms with Gasteiger partial charge in [-0.2, -0.15) is 0 Å². The summed E-state index contributed by atoms with van der Waals surface area (Å²) in [6, 6.07) is 10.6. The third kappa shape index (κ3) is 4.61. The minimum atomic E-state index is -3.65. The second-order valence-corrected chi connectivity index (χ2v) is 8.98. The molecule has 1 heterocycles. The predicted molar refractivity (Wildman–Crippen MR) is 112 cm³/mol. The van der Waals surface area contributed by atoms with E-state index < -0.39 is 21.7 Å². The molecule has 4 N–H and O–H groups in total. The summed E-state index contributed by atoms with van der Waals surface area (Å²) in [5.41, 5.74) is 1.08. The van der Waals surface area contributed by atoms with Gasteiger partial charge in [-0.3, -0.25) is 4.79 Å². The summed E-state index contributed by atoms with van der Waals surface area (Å²) < 4.78 is 41.4. The minimum absolute atomic E-state index is 0.0609. The van der Waals surface area contributed by atoms with Gasteiger partial charge in [0.1, 0.15) is 5.82 Å². The lowest BCUT2D eigenvalue weighted by Gasteiger charge is -2.10. The van der Waals surface area contributed by atoms with E-state index >= 15 is 0 Å². The number of hydrogen-bond donors (Lipinski definition) is 3. The first kappa shape index (κ1) is 21.7. The number of amides is 1. The van der Waals surface area contributed by atoms with Crippen molar-refractivity contribution >= 4 is 33.4 Å². The van der Waals surface area contributed by atoms with Crippen LogP contribution in [0.4, 0.5) is 10.1 Å². The van der Waals surface area contributed by atoms with Crippen molar-refractivity contribution < 1.29 is 17.6 Å². The number of nitrogen functional groups attached to an aromatic ring is 1. The zero-order chi connectivity index (χ0) is 21.9. The van der Waals surface area contributed by atoms with E-state index in [9.17, 15) is 17.6 Å². The molecule has 158 valence electrons. The van der Waals surface area contributed by atoms with Crippen molar-refractivity contribution in [2.24, 2.45) is 0 Å². The van der Waals surface area contributed by atoms with Gasteiger partial charge in [-0.1, -0.05) is 30.0 Å². The van der Waals surface area contributed by atoms with Crippen LogP contribution < -0.4 is 15.9 Å². The van der Waals surface area contributed by atoms with Gasteiger partial charge in [0, 0.05) is 5.69 Å². The third-order valence-corrected chi connectivity index (χ3v) is 6.64. The van der Waals surface area contributed by atoms with Crippen LogP contribution in [-0.4, -0.2) is 42.0 Å². The van der Waals surface area contributed by atoms with E-state index in [0.29, 0.717) is 11.3 Å². The number of carbonyl (C=O) groups excluding carboxylic acids is 1. The lowest BCUT2D eigenvalue weighted by molar-refractivity contribution is -0.113. The first-order valence-corrected chi connectivity index (χ1v) is 11.1. The molecule has 0 spiro atoms. The number of nitrogens with one attached hydrogen (secondary N) is 2. The fourth-order valence-electron chi connectivity index (χ4n) is 2.61. The van der Waals surface area contributed by atoms with Crippen molar-refractivity contribution in [1.82, 2.24) is 19.6 Å². The molecule has 1 aromatic heterocycles. The number of hydrogen-bond acceptors (Lipinski definition) is 7. The maximum absolute atomic E-state index is 13.9. The molecular weight excluding hydrogens is 431 g/mol. The SMILES string of the molecule is CNS(=O)(=O)c1cc(NC(=O)CSc2nnc(-c3ccccc3F)n2N)ccc1C. The molecule has 0 saturated carbocycles. The van der Waals surface area contributed by atoms with Gasteiger partial charge in [-0.25, -0.2) is 22.2 Å². The molecule has 0 aliphatic rings. The average molecular weight is 451 g/mol. The largest absolute Gasteiger partial charge is 0.335 e. The molecule has 0 fully saturated rings. The molecule has 30 heavy (non-hydrogen) atoms. The Bertz CT molecular complexity index is 1200. The Labute approximate surface area is 176 Å². The number of anilines is 1. The molecule has 0 saturated heterocycles. The summed E-state index contributed by atoms with van der Waals surface area (Å²) in [4.78, 5) is 12.4. The molecule has 0 radical (unpaired) electrons. The van der Waals surface area contributed by atoms with Crippen LogP contribution >= 0.6 is 11.8 Å². The number of aromatic nitrogens is 3. The minimum Gasteiger partial charge on any atom is -0.335 e. The second kappa shape index (κ2) is 8.81. The van der Waals surface area contributed by atoms with Crippen molar-refractivity contribution in [3.8, 4) is 11.4 Å². The van der Waals surface area contributed by atoms with Gasteiger partial charge in [0.05, 0.1) is 16.2 Å². The van der Waals surface area contributed by atoms with E-state index in [4.69, 9.17) is 5.84 Å². The second-order valence-electron chi connectivity index (χ2n) is 6.18. The Kier molecular flexibility index (Phi) is 6.39. The first-order chi connectivity index (χ1) is 14.2. The van der Waals surface area contributed by atoms with Gasteiger partial charge in [0.2, 0.25) is 21.1 Å². The van der Waals surface area contributed by atoms with Crippen molar-refractivity contribution in [3.05, 3.63) is 53.8 Å². The highest BCUT2D eigenvalue weighted by Gasteiger charge is 2.18. The number of thioether (sulfide) groups is 1. The quantitative estimate of drug-likeness (QED) is 0.369. The maximum atomic E-state index is 13.9. The number of nitrogens with zero attached hydrogens (tertiary/aromatic N) is 3. The Morgan fingerprint density at radius 3 is 2.67 bits per heavy atom. The highest BCUT2D eigenvalue weighted by atomic mass is 32.2. The number of sulfonamides is 1. The molecule has 0 atom stereocenters. The normalized spacial score (nSPS) is 11.4. The average Bonchev–Trinajstić information content (AvgIpc) is 3.08. The highest BCUT2D eigenvalue weighted by Crippen LogP contribution is 2.24. The fourth-order valence-corrected chi connectivity index (χ4v) is 4.26. The first-order valence-electron chi connectivity index (χ1n) is 8.65. The van der Waals surface area contributed by atoms with Gasteiger partial charge in [0.15, 0.2) is 5.82 Å². The standard InChI is InChI=1S/C18H19FN6O3S2/c1-11-7-8-12(9-15(11)30(27,28)21-2)22-16(26)10-29-18-24-23-17(25(18)20)13-5-3-4-6-14(13)19/h3-9,21H,10,20H2,1-2H3,(H,22,26). The monoisotopic (exact) mass is 450 g/mol. The Morgan fingerprint density at radius 2 is 1.97 bits per heavy atom. The zero-order valence-electron chi connectivity index (χ0n) is 16.1. The Balaban J connectivity index is 1.69. The zero-order valence-corrected chi connectivity index (χ0v) is 17.7. The van der Waals surface area contributed by atoms with Crippen LogP contribution in [0.15, 0.2) is 52.5 Å². The lowest BCUT2D eigenvalue weighted by atomic mass is 10.2. The van der Waals surface area contributed by atoms with E-state index in [0.717, 1.165) is 16.4 Å². The Morgan fingerprint density at radius 1 is 1.23 bits per heavy atom. The van der Waals surface area contributed by atoms with E-state index in [1.54, 1.807) is 31.2 Å². The van der Waals surface area contributed by atoms with Crippen molar-refractivity contribution in [2.45, 2.75) is 17.0 Å². The van der Waals surface area contributed by atoms with E-state index in [2.05, 4.69) is 20.2 Å². The van der Waals surface area contributed by atoms with Gasteiger partial charge in [0.25, 0.3) is 0 Å². The van der Waals surface area contributed by atoms with E-state index in [1.165, 1.54) is 25.2 Å². The fraction of sp³-hybridized carbons (Fsp3) is 0.167. The molecule has 1 amide bonds. The number of halogens is 1. The highest BCUT2D eigenvalue weighted by molar-refractivity contribution is 7.99. The van der Waals surface area contributed by atoms with Gasteiger partial charge in [-0.15, -0.1) is 10.2 Å². The molecule has 9 nitrogen and oxygen atoms in total. The third-order valence-electron chi connectivity index (χ3n) is 4.14. The van der Waals surface area contributed by atoms with Gasteiger partial charge in [-0.05, 0) is 43.8 Å². The Hall–Kier alpha value is -2.96. The van der Waals surface area contributed by atoms with Crippen molar-refractivity contribution in [3.63, 3.8) is 0 Å².